The van der Waals surface area contributed by atoms with Crippen molar-refractivity contribution < 1.29 is 17.6 Å². The Kier molecular flexibility index (Phi) is 3.80. The minimum Gasteiger partial charge on any atom is -0.373 e. The Hall–Kier alpha value is -1.89. The van der Waals surface area contributed by atoms with Crippen LogP contribution in [0.2, 0.25) is 5.02 Å². The maximum absolute atomic E-state index is 13.8. The first-order valence-electron chi connectivity index (χ1n) is 5.40. The standard InChI is InChI=1S/C12H8ClF4N3/c1-18-10-5-9(19-11(20-10)12(15,16)17)7-3-2-6(13)4-8(7)14/h2-5H,1H3,(H,18,19,20). The minimum absolute atomic E-state index is 0.0586. The van der Waals surface area contributed by atoms with Crippen molar-refractivity contribution in [1.82, 2.24) is 9.97 Å². The fourth-order valence-corrected chi connectivity index (χ4v) is 1.70. The van der Waals surface area contributed by atoms with Crippen molar-refractivity contribution in [3.8, 4) is 11.3 Å². The molecule has 0 aliphatic rings. The molecular weight excluding hydrogens is 298 g/mol. The molecule has 0 saturated carbocycles. The second kappa shape index (κ2) is 5.24. The Morgan fingerprint density at radius 3 is 2.40 bits per heavy atom. The Labute approximate surface area is 116 Å². The van der Waals surface area contributed by atoms with Gasteiger partial charge in [-0.3, -0.25) is 0 Å². The summed E-state index contributed by atoms with van der Waals surface area (Å²) in [5.41, 5.74) is -0.260. The van der Waals surface area contributed by atoms with Crippen LogP contribution >= 0.6 is 11.6 Å². The van der Waals surface area contributed by atoms with E-state index < -0.39 is 17.8 Å². The van der Waals surface area contributed by atoms with E-state index in [2.05, 4.69) is 15.3 Å². The van der Waals surface area contributed by atoms with E-state index in [-0.39, 0.29) is 22.1 Å². The number of alkyl halides is 3. The van der Waals surface area contributed by atoms with Gasteiger partial charge in [-0.15, -0.1) is 0 Å². The number of nitrogens with one attached hydrogen (secondary N) is 1. The van der Waals surface area contributed by atoms with Gasteiger partial charge in [0.05, 0.1) is 5.69 Å². The van der Waals surface area contributed by atoms with Gasteiger partial charge in [-0.2, -0.15) is 13.2 Å². The second-order valence-corrected chi connectivity index (χ2v) is 4.27. The molecule has 1 N–H and O–H groups in total. The molecule has 0 bridgehead atoms. The Morgan fingerprint density at radius 1 is 1.15 bits per heavy atom. The van der Waals surface area contributed by atoms with Crippen molar-refractivity contribution in [1.29, 1.82) is 0 Å². The van der Waals surface area contributed by atoms with E-state index in [4.69, 9.17) is 11.6 Å². The van der Waals surface area contributed by atoms with Crippen LogP contribution < -0.4 is 5.32 Å². The molecule has 1 aromatic carbocycles. The van der Waals surface area contributed by atoms with Crippen LogP contribution in [0.15, 0.2) is 24.3 Å². The average molecular weight is 306 g/mol. The fraction of sp³-hybridized carbons (Fsp3) is 0.167. The quantitative estimate of drug-likeness (QED) is 0.852. The summed E-state index contributed by atoms with van der Waals surface area (Å²) in [6.07, 6.45) is -4.72. The summed E-state index contributed by atoms with van der Waals surface area (Å²) in [4.78, 5) is 6.65. The molecule has 1 aromatic heterocycles. The van der Waals surface area contributed by atoms with E-state index in [1.165, 1.54) is 25.2 Å². The topological polar surface area (TPSA) is 37.8 Å². The second-order valence-electron chi connectivity index (χ2n) is 3.83. The highest BCUT2D eigenvalue weighted by molar-refractivity contribution is 6.30. The van der Waals surface area contributed by atoms with Gasteiger partial charge in [0.1, 0.15) is 11.6 Å². The predicted molar refractivity (Wildman–Crippen MR) is 67.0 cm³/mol. The van der Waals surface area contributed by atoms with Crippen LogP contribution in [-0.2, 0) is 6.18 Å². The molecule has 0 radical (unpaired) electrons. The molecule has 0 fully saturated rings. The highest BCUT2D eigenvalue weighted by Crippen LogP contribution is 2.31. The van der Waals surface area contributed by atoms with Crippen molar-refractivity contribution in [2.45, 2.75) is 6.18 Å². The number of hydrogen-bond acceptors (Lipinski definition) is 3. The monoisotopic (exact) mass is 305 g/mol. The Morgan fingerprint density at radius 2 is 1.85 bits per heavy atom. The van der Waals surface area contributed by atoms with E-state index in [1.54, 1.807) is 0 Å². The van der Waals surface area contributed by atoms with Gasteiger partial charge < -0.3 is 5.32 Å². The molecule has 2 rings (SSSR count). The molecule has 20 heavy (non-hydrogen) atoms. The van der Waals surface area contributed by atoms with Gasteiger partial charge in [0, 0.05) is 23.7 Å². The number of hydrogen-bond donors (Lipinski definition) is 1. The van der Waals surface area contributed by atoms with Crippen LogP contribution in [0.25, 0.3) is 11.3 Å². The molecule has 8 heteroatoms. The molecule has 106 valence electrons. The van der Waals surface area contributed by atoms with Gasteiger partial charge in [-0.05, 0) is 18.2 Å². The molecule has 3 nitrogen and oxygen atoms in total. The summed E-state index contributed by atoms with van der Waals surface area (Å²) < 4.78 is 51.8. The number of halogens is 5. The van der Waals surface area contributed by atoms with Gasteiger partial charge in [-0.25, -0.2) is 14.4 Å². The van der Waals surface area contributed by atoms with Crippen LogP contribution in [0, 0.1) is 5.82 Å². The van der Waals surface area contributed by atoms with Gasteiger partial charge in [0.2, 0.25) is 5.82 Å². The van der Waals surface area contributed by atoms with Gasteiger partial charge in [-0.1, -0.05) is 11.6 Å². The lowest BCUT2D eigenvalue weighted by molar-refractivity contribution is -0.144. The number of nitrogens with zero attached hydrogens (tertiary/aromatic N) is 2. The van der Waals surface area contributed by atoms with Crippen molar-refractivity contribution in [3.63, 3.8) is 0 Å². The number of anilines is 1. The summed E-state index contributed by atoms with van der Waals surface area (Å²) in [5.74, 6) is -2.16. The molecule has 0 atom stereocenters. The lowest BCUT2D eigenvalue weighted by Gasteiger charge is -2.10. The summed E-state index contributed by atoms with van der Waals surface area (Å²) in [7, 11) is 1.41. The smallest absolute Gasteiger partial charge is 0.373 e. The summed E-state index contributed by atoms with van der Waals surface area (Å²) in [6, 6.07) is 4.86. The normalized spacial score (nSPS) is 11.5. The number of rotatable bonds is 2. The zero-order valence-corrected chi connectivity index (χ0v) is 10.8. The lowest BCUT2D eigenvalue weighted by Crippen LogP contribution is -2.13. The SMILES string of the molecule is CNc1cc(-c2ccc(Cl)cc2F)nc(C(F)(F)F)n1. The highest BCUT2D eigenvalue weighted by atomic mass is 35.5. The summed E-state index contributed by atoms with van der Waals surface area (Å²) in [6.45, 7) is 0. The van der Waals surface area contributed by atoms with Crippen LogP contribution in [0.1, 0.15) is 5.82 Å². The number of aromatic nitrogens is 2. The van der Waals surface area contributed by atoms with Crippen molar-refractivity contribution in [2.75, 3.05) is 12.4 Å². The van der Waals surface area contributed by atoms with Crippen LogP contribution in [-0.4, -0.2) is 17.0 Å². The first-order chi connectivity index (χ1) is 9.31. The third-order valence-corrected chi connectivity index (χ3v) is 2.68. The molecule has 0 unspecified atom stereocenters. The number of benzene rings is 1. The maximum Gasteiger partial charge on any atom is 0.451 e. The third-order valence-electron chi connectivity index (χ3n) is 2.44. The van der Waals surface area contributed by atoms with E-state index in [0.717, 1.165) is 6.07 Å². The zero-order valence-electron chi connectivity index (χ0n) is 10.1. The summed E-state index contributed by atoms with van der Waals surface area (Å²) >= 11 is 5.60. The van der Waals surface area contributed by atoms with Crippen LogP contribution in [0.5, 0.6) is 0 Å². The third kappa shape index (κ3) is 2.98. The fourth-order valence-electron chi connectivity index (χ4n) is 1.54. The van der Waals surface area contributed by atoms with E-state index in [1.807, 2.05) is 0 Å². The highest BCUT2D eigenvalue weighted by Gasteiger charge is 2.35. The van der Waals surface area contributed by atoms with Crippen LogP contribution in [0.3, 0.4) is 0 Å². The molecule has 0 amide bonds. The minimum atomic E-state index is -4.72. The first kappa shape index (κ1) is 14.5. The average Bonchev–Trinajstić information content (AvgIpc) is 2.37. The molecule has 0 aliphatic carbocycles. The molecule has 2 aromatic rings. The molecular formula is C12H8ClF4N3. The lowest BCUT2D eigenvalue weighted by atomic mass is 10.1. The van der Waals surface area contributed by atoms with Crippen molar-refractivity contribution >= 4 is 17.4 Å². The van der Waals surface area contributed by atoms with E-state index in [0.29, 0.717) is 0 Å². The van der Waals surface area contributed by atoms with Crippen LogP contribution in [0.4, 0.5) is 23.4 Å². The molecule has 1 heterocycles. The van der Waals surface area contributed by atoms with Gasteiger partial charge >= 0.3 is 6.18 Å². The molecule has 0 saturated heterocycles. The van der Waals surface area contributed by atoms with E-state index >= 15 is 0 Å². The molecule has 0 aliphatic heterocycles. The van der Waals surface area contributed by atoms with E-state index in [9.17, 15) is 17.6 Å². The summed E-state index contributed by atoms with van der Waals surface area (Å²) in [5, 5.41) is 2.62. The van der Waals surface area contributed by atoms with Gasteiger partial charge in [0.15, 0.2) is 0 Å². The first-order valence-corrected chi connectivity index (χ1v) is 5.78. The maximum atomic E-state index is 13.8. The van der Waals surface area contributed by atoms with Gasteiger partial charge in [0.25, 0.3) is 0 Å². The largest absolute Gasteiger partial charge is 0.451 e. The van der Waals surface area contributed by atoms with Crippen molar-refractivity contribution in [2.24, 2.45) is 0 Å². The predicted octanol–water partition coefficient (Wildman–Crippen LogP) is 4.00. The Balaban J connectivity index is 2.61. The zero-order chi connectivity index (χ0) is 14.9. The Bertz CT molecular complexity index is 643. The molecule has 0 spiro atoms. The van der Waals surface area contributed by atoms with Crippen molar-refractivity contribution in [3.05, 3.63) is 40.9 Å².